The number of fused-ring (bicyclic) bond motifs is 1. The lowest BCUT2D eigenvalue weighted by atomic mass is 10.00. The maximum Gasteiger partial charge on any atom is 0.245 e. The first-order valence-corrected chi connectivity index (χ1v) is 16.0. The van der Waals surface area contributed by atoms with Gasteiger partial charge in [-0.05, 0) is 79.8 Å². The number of hydrogen-bond donors (Lipinski definition) is 4. The molecule has 2 atom stereocenters. The lowest BCUT2D eigenvalue weighted by Crippen LogP contribution is -2.56. The number of nitrogens with zero attached hydrogens (tertiary/aromatic N) is 2. The van der Waals surface area contributed by atoms with Gasteiger partial charge in [0.2, 0.25) is 27.7 Å². The zero-order chi connectivity index (χ0) is 32.2. The van der Waals surface area contributed by atoms with Gasteiger partial charge in [0.15, 0.2) is 0 Å². The summed E-state index contributed by atoms with van der Waals surface area (Å²) in [5, 5.41) is 4.32. The molecule has 0 radical (unpaired) electrons. The van der Waals surface area contributed by atoms with Gasteiger partial charge in [0.1, 0.15) is 23.7 Å². The Bertz CT molecular complexity index is 1690. The number of aryl methyl sites for hydroxylation is 1. The first-order chi connectivity index (χ1) is 20.8. The summed E-state index contributed by atoms with van der Waals surface area (Å²) in [6, 6.07) is 6.31. The van der Waals surface area contributed by atoms with Gasteiger partial charge in [-0.1, -0.05) is 18.2 Å². The van der Waals surface area contributed by atoms with Gasteiger partial charge in [-0.25, -0.2) is 13.4 Å². The highest BCUT2D eigenvalue weighted by Gasteiger charge is 2.34. The van der Waals surface area contributed by atoms with Crippen molar-refractivity contribution < 1.29 is 27.5 Å². The van der Waals surface area contributed by atoms with Crippen LogP contribution in [0.15, 0.2) is 41.4 Å². The molecule has 1 aliphatic rings. The van der Waals surface area contributed by atoms with Crippen molar-refractivity contribution in [1.29, 1.82) is 0 Å². The molecule has 1 aliphatic heterocycles. The summed E-state index contributed by atoms with van der Waals surface area (Å²) in [4.78, 5) is 45.2. The SMILES string of the molecule is COc1cc(C)c(S(=O)(=O)N[C@@H](CC(N)=O)C(=O)NC(Cc2ccc3c(N)nccc3c2)C(=O)N2CCCCC2)c(C)c1C. The summed E-state index contributed by atoms with van der Waals surface area (Å²) in [5.41, 5.74) is 13.7. The number of methoxy groups -OCH3 is 1. The molecule has 236 valence electrons. The number of anilines is 1. The van der Waals surface area contributed by atoms with Crippen LogP contribution in [0.4, 0.5) is 5.82 Å². The maximum atomic E-state index is 13.7. The third kappa shape index (κ3) is 7.28. The fraction of sp³-hybridized carbons (Fsp3) is 0.419. The van der Waals surface area contributed by atoms with E-state index < -0.39 is 40.3 Å². The van der Waals surface area contributed by atoms with E-state index in [0.717, 1.165) is 35.6 Å². The molecular weight excluding hydrogens is 584 g/mol. The lowest BCUT2D eigenvalue weighted by molar-refractivity contribution is -0.137. The minimum absolute atomic E-state index is 0.0241. The van der Waals surface area contributed by atoms with Crippen molar-refractivity contribution in [3.05, 3.63) is 58.8 Å². The van der Waals surface area contributed by atoms with Crippen molar-refractivity contribution in [2.24, 2.45) is 5.73 Å². The van der Waals surface area contributed by atoms with Crippen molar-refractivity contribution in [3.63, 3.8) is 0 Å². The van der Waals surface area contributed by atoms with Gasteiger partial charge < -0.3 is 26.4 Å². The molecule has 3 amide bonds. The van der Waals surface area contributed by atoms with Crippen molar-refractivity contribution >= 4 is 44.3 Å². The molecule has 0 saturated carbocycles. The minimum atomic E-state index is -4.31. The maximum absolute atomic E-state index is 13.7. The number of pyridine rings is 1. The third-order valence-electron chi connectivity index (χ3n) is 8.07. The number of carbonyl (C=O) groups excluding carboxylic acids is 3. The molecule has 2 heterocycles. The van der Waals surface area contributed by atoms with Crippen LogP contribution in [0.5, 0.6) is 5.75 Å². The van der Waals surface area contributed by atoms with Crippen molar-refractivity contribution in [3.8, 4) is 5.75 Å². The second-order valence-electron chi connectivity index (χ2n) is 11.2. The molecule has 1 fully saturated rings. The largest absolute Gasteiger partial charge is 0.496 e. The van der Waals surface area contributed by atoms with E-state index in [9.17, 15) is 22.8 Å². The number of hydrogen-bond acceptors (Lipinski definition) is 8. The molecule has 6 N–H and O–H groups in total. The van der Waals surface area contributed by atoms with Gasteiger partial charge in [0.05, 0.1) is 18.4 Å². The van der Waals surface area contributed by atoms with E-state index in [1.807, 2.05) is 18.2 Å². The molecule has 13 heteroatoms. The summed E-state index contributed by atoms with van der Waals surface area (Å²) in [6.45, 7) is 6.10. The van der Waals surface area contributed by atoms with E-state index in [1.54, 1.807) is 44.0 Å². The summed E-state index contributed by atoms with van der Waals surface area (Å²) in [7, 11) is -2.82. The Kier molecular flexibility index (Phi) is 10.1. The zero-order valence-electron chi connectivity index (χ0n) is 25.5. The summed E-state index contributed by atoms with van der Waals surface area (Å²) in [6.07, 6.45) is 3.81. The molecular formula is C31H40N6O6S. The number of likely N-dealkylation sites (tertiary alicyclic amines) is 1. The van der Waals surface area contributed by atoms with Crippen LogP contribution in [0.3, 0.4) is 0 Å². The molecule has 4 rings (SSSR count). The molecule has 12 nitrogen and oxygen atoms in total. The van der Waals surface area contributed by atoms with Gasteiger partial charge in [0.25, 0.3) is 0 Å². The number of carbonyl (C=O) groups is 3. The highest BCUT2D eigenvalue weighted by atomic mass is 32.2. The van der Waals surface area contributed by atoms with Crippen LogP contribution in [-0.2, 0) is 30.8 Å². The Morgan fingerprint density at radius 2 is 1.73 bits per heavy atom. The Hall–Kier alpha value is -4.23. The summed E-state index contributed by atoms with van der Waals surface area (Å²) >= 11 is 0. The molecule has 2 aromatic carbocycles. The molecule has 0 aliphatic carbocycles. The summed E-state index contributed by atoms with van der Waals surface area (Å²) in [5.74, 6) is -1.10. The minimum Gasteiger partial charge on any atom is -0.496 e. The number of primary amides is 1. The second-order valence-corrected chi connectivity index (χ2v) is 12.9. The van der Waals surface area contributed by atoms with Gasteiger partial charge in [0, 0.05) is 31.1 Å². The molecule has 44 heavy (non-hydrogen) atoms. The molecule has 0 bridgehead atoms. The van der Waals surface area contributed by atoms with E-state index in [4.69, 9.17) is 16.2 Å². The van der Waals surface area contributed by atoms with Crippen LogP contribution < -0.4 is 26.2 Å². The standard InChI is InChI=1S/C31H40N6O6S/c1-18-14-26(43-4)19(2)20(3)28(18)44(41,42)36-24(17-27(32)38)30(39)35-25(31(40)37-12-6-5-7-13-37)16-21-8-9-23-22(15-21)10-11-34-29(23)33/h8-11,14-15,24-25,36H,5-7,12-13,16-17H2,1-4H3,(H2,32,38)(H2,33,34)(H,35,39)/t24-,25?/m0/s1. The van der Waals surface area contributed by atoms with Crippen LogP contribution in [0, 0.1) is 20.8 Å². The van der Waals surface area contributed by atoms with Crippen molar-refractivity contribution in [2.45, 2.75) is 69.9 Å². The van der Waals surface area contributed by atoms with Crippen molar-refractivity contribution in [2.75, 3.05) is 25.9 Å². The molecule has 1 saturated heterocycles. The van der Waals surface area contributed by atoms with Gasteiger partial charge in [-0.2, -0.15) is 4.72 Å². The number of aromatic nitrogens is 1. The van der Waals surface area contributed by atoms with Crippen LogP contribution in [0.2, 0.25) is 0 Å². The number of nitrogens with two attached hydrogens (primary N) is 2. The monoisotopic (exact) mass is 624 g/mol. The van der Waals surface area contributed by atoms with Crippen LogP contribution in [-0.4, -0.2) is 68.3 Å². The van der Waals surface area contributed by atoms with E-state index in [2.05, 4.69) is 15.0 Å². The van der Waals surface area contributed by atoms with E-state index in [-0.39, 0.29) is 17.2 Å². The quantitative estimate of drug-likeness (QED) is 0.249. The lowest BCUT2D eigenvalue weighted by Gasteiger charge is -2.31. The number of ether oxygens (including phenoxy) is 1. The molecule has 1 aromatic heterocycles. The zero-order valence-corrected chi connectivity index (χ0v) is 26.3. The number of sulfonamides is 1. The first-order valence-electron chi connectivity index (χ1n) is 14.5. The van der Waals surface area contributed by atoms with Crippen LogP contribution in [0.1, 0.15) is 47.9 Å². The topological polar surface area (TPSA) is 187 Å². The smallest absolute Gasteiger partial charge is 0.245 e. The predicted molar refractivity (Wildman–Crippen MR) is 167 cm³/mol. The summed E-state index contributed by atoms with van der Waals surface area (Å²) < 4.78 is 35.0. The van der Waals surface area contributed by atoms with Crippen LogP contribution in [0.25, 0.3) is 10.8 Å². The number of piperidine rings is 1. The first kappa shape index (κ1) is 32.7. The second kappa shape index (κ2) is 13.6. The fourth-order valence-electron chi connectivity index (χ4n) is 5.70. The molecule has 3 aromatic rings. The third-order valence-corrected chi connectivity index (χ3v) is 9.83. The Balaban J connectivity index is 1.65. The highest BCUT2D eigenvalue weighted by molar-refractivity contribution is 7.89. The van der Waals surface area contributed by atoms with Crippen LogP contribution >= 0.6 is 0 Å². The average molecular weight is 625 g/mol. The van der Waals surface area contributed by atoms with Gasteiger partial charge >= 0.3 is 0 Å². The number of amides is 3. The fourth-order valence-corrected chi connectivity index (χ4v) is 7.42. The predicted octanol–water partition coefficient (Wildman–Crippen LogP) is 2.01. The Morgan fingerprint density at radius 1 is 1.02 bits per heavy atom. The Labute approximate surface area is 257 Å². The number of nitrogens with one attached hydrogen (secondary N) is 2. The molecule has 0 spiro atoms. The normalized spacial score (nSPS) is 15.0. The average Bonchev–Trinajstić information content (AvgIpc) is 2.98. The van der Waals surface area contributed by atoms with E-state index >= 15 is 0 Å². The number of rotatable bonds is 11. The van der Waals surface area contributed by atoms with E-state index in [1.165, 1.54) is 7.11 Å². The van der Waals surface area contributed by atoms with Crippen molar-refractivity contribution in [1.82, 2.24) is 19.9 Å². The number of benzene rings is 2. The van der Waals surface area contributed by atoms with Gasteiger partial charge in [-0.15, -0.1) is 0 Å². The highest BCUT2D eigenvalue weighted by Crippen LogP contribution is 2.30. The number of nitrogen functional groups attached to an aromatic ring is 1. The van der Waals surface area contributed by atoms with E-state index in [0.29, 0.717) is 41.3 Å². The molecule has 1 unspecified atom stereocenters. The Morgan fingerprint density at radius 3 is 2.39 bits per heavy atom. The van der Waals surface area contributed by atoms with Gasteiger partial charge in [-0.3, -0.25) is 14.4 Å².